The number of nitrogens with two attached hydrogens (primary N) is 1. The molecule has 0 amide bonds. The van der Waals surface area contributed by atoms with E-state index in [0.717, 1.165) is 0 Å². The number of ether oxygens (including phenoxy) is 4. The molecule has 3 heterocycles. The van der Waals surface area contributed by atoms with E-state index in [4.69, 9.17) is 24.7 Å². The maximum absolute atomic E-state index is 13.0. The highest BCUT2D eigenvalue weighted by atomic mass is 32.2. The summed E-state index contributed by atoms with van der Waals surface area (Å²) in [6, 6.07) is 0. The average Bonchev–Trinajstić information content (AvgIpc) is 3.22. The Morgan fingerprint density at radius 2 is 1.92 bits per heavy atom. The maximum atomic E-state index is 13.0. The Bertz CT molecular complexity index is 1190. The molecule has 1 saturated heterocycles. The second-order valence-corrected chi connectivity index (χ2v) is 9.53. The molecule has 0 bridgehead atoms. The van der Waals surface area contributed by atoms with Crippen molar-refractivity contribution in [2.24, 2.45) is 0 Å². The number of nitrogens with zero attached hydrogens (tertiary/aromatic N) is 3. The van der Waals surface area contributed by atoms with Crippen LogP contribution >= 0.6 is 23.1 Å². The molecule has 0 spiro atoms. The number of rotatable bonds is 8. The molecule has 2 aromatic rings. The number of aromatic amines is 1. The van der Waals surface area contributed by atoms with Gasteiger partial charge in [-0.05, 0) is 6.26 Å². The Labute approximate surface area is 214 Å². The van der Waals surface area contributed by atoms with Gasteiger partial charge in [0.25, 0.3) is 5.56 Å². The number of hydrogen-bond acceptors (Lipinski definition) is 14. The topological polar surface area (TPSA) is 176 Å². The molecule has 196 valence electrons. The molecule has 13 nitrogen and oxygen atoms in total. The summed E-state index contributed by atoms with van der Waals surface area (Å²) in [6.07, 6.45) is -1.92. The van der Waals surface area contributed by atoms with E-state index in [1.165, 1.54) is 43.9 Å². The number of thiazole rings is 1. The molecule has 1 aliphatic rings. The summed E-state index contributed by atoms with van der Waals surface area (Å²) in [6.45, 7) is 3.41. The molecule has 4 atom stereocenters. The lowest BCUT2D eigenvalue weighted by atomic mass is 9.99. The number of esters is 3. The van der Waals surface area contributed by atoms with E-state index in [0.29, 0.717) is 10.9 Å². The minimum atomic E-state index is -1.03. The van der Waals surface area contributed by atoms with Crippen LogP contribution in [0.15, 0.2) is 15.3 Å². The number of H-pyrrole nitrogens is 1. The van der Waals surface area contributed by atoms with Crippen molar-refractivity contribution in [3.63, 3.8) is 0 Å². The number of carbonyl (C=O) groups is 3. The Morgan fingerprint density at radius 1 is 1.22 bits per heavy atom. The third-order valence-electron chi connectivity index (χ3n) is 5.19. The van der Waals surface area contributed by atoms with E-state index in [1.807, 2.05) is 0 Å². The third-order valence-corrected chi connectivity index (χ3v) is 6.44. The first-order valence-electron chi connectivity index (χ1n) is 10.8. The molecule has 0 saturated carbocycles. The summed E-state index contributed by atoms with van der Waals surface area (Å²) in [7, 11) is 1.65. The molecule has 0 radical (unpaired) electrons. The zero-order valence-electron chi connectivity index (χ0n) is 20.3. The van der Waals surface area contributed by atoms with Gasteiger partial charge >= 0.3 is 17.9 Å². The second-order valence-electron chi connectivity index (χ2n) is 7.85. The zero-order valence-corrected chi connectivity index (χ0v) is 21.9. The Balaban J connectivity index is 2.04. The summed E-state index contributed by atoms with van der Waals surface area (Å²) in [5, 5.41) is 2.28. The van der Waals surface area contributed by atoms with E-state index in [-0.39, 0.29) is 29.5 Å². The van der Waals surface area contributed by atoms with Crippen molar-refractivity contribution in [1.82, 2.24) is 15.0 Å². The monoisotopic (exact) mass is 541 g/mol. The van der Waals surface area contributed by atoms with Crippen molar-refractivity contribution in [3.8, 4) is 11.3 Å². The molecular formula is C21H27N5O8S2. The van der Waals surface area contributed by atoms with Crippen molar-refractivity contribution in [1.29, 1.82) is 0 Å². The second kappa shape index (κ2) is 11.7. The highest BCUT2D eigenvalue weighted by Crippen LogP contribution is 2.34. The molecule has 1 aliphatic heterocycles. The molecule has 0 aliphatic carbocycles. The SMILES string of the molecule is CSc1nc(N(C)C2CC(OC(C)=O)C(OC(C)=O)C(COC(C)=O)O2)c(-c2csc(N)n2)c(=O)[nH]1. The normalized spacial score (nSPS) is 21.5. The lowest BCUT2D eigenvalue weighted by Gasteiger charge is -2.43. The Hall–Kier alpha value is -3.17. The largest absolute Gasteiger partial charge is 0.463 e. The molecular weight excluding hydrogens is 514 g/mol. The van der Waals surface area contributed by atoms with Gasteiger partial charge in [0.05, 0.1) is 5.69 Å². The summed E-state index contributed by atoms with van der Waals surface area (Å²) < 4.78 is 22.1. The van der Waals surface area contributed by atoms with E-state index < -0.39 is 48.0 Å². The molecule has 36 heavy (non-hydrogen) atoms. The minimum absolute atomic E-state index is 0.0618. The molecule has 2 aromatic heterocycles. The van der Waals surface area contributed by atoms with E-state index in [2.05, 4.69) is 15.0 Å². The van der Waals surface area contributed by atoms with Gasteiger partial charge in [0, 0.05) is 39.6 Å². The van der Waals surface area contributed by atoms with Gasteiger partial charge in [0.2, 0.25) is 0 Å². The maximum Gasteiger partial charge on any atom is 0.303 e. The first-order valence-corrected chi connectivity index (χ1v) is 12.9. The molecule has 0 aromatic carbocycles. The van der Waals surface area contributed by atoms with Crippen LogP contribution in [0.2, 0.25) is 0 Å². The van der Waals surface area contributed by atoms with E-state index in [9.17, 15) is 19.2 Å². The van der Waals surface area contributed by atoms with Crippen LogP contribution in [-0.4, -0.2) is 77.3 Å². The third kappa shape index (κ3) is 6.53. The van der Waals surface area contributed by atoms with Crippen molar-refractivity contribution in [2.45, 2.75) is 56.9 Å². The van der Waals surface area contributed by atoms with Crippen LogP contribution in [0.25, 0.3) is 11.3 Å². The smallest absolute Gasteiger partial charge is 0.303 e. The van der Waals surface area contributed by atoms with Crippen LogP contribution in [0.5, 0.6) is 0 Å². The molecule has 3 rings (SSSR count). The lowest BCUT2D eigenvalue weighted by molar-refractivity contribution is -0.214. The number of aromatic nitrogens is 3. The highest BCUT2D eigenvalue weighted by Gasteiger charge is 2.45. The number of nitrogen functional groups attached to an aromatic ring is 1. The number of hydrogen-bond donors (Lipinski definition) is 2. The van der Waals surface area contributed by atoms with E-state index >= 15 is 0 Å². The Kier molecular flexibility index (Phi) is 8.92. The molecule has 3 N–H and O–H groups in total. The van der Waals surface area contributed by atoms with E-state index in [1.54, 1.807) is 23.6 Å². The molecule has 4 unspecified atom stereocenters. The summed E-state index contributed by atoms with van der Waals surface area (Å²) in [4.78, 5) is 61.2. The summed E-state index contributed by atoms with van der Waals surface area (Å²) in [5.74, 6) is -1.53. The van der Waals surface area contributed by atoms with Gasteiger partial charge in [0.15, 0.2) is 16.4 Å². The summed E-state index contributed by atoms with van der Waals surface area (Å²) in [5.41, 5.74) is 5.87. The van der Waals surface area contributed by atoms with Gasteiger partial charge in [-0.25, -0.2) is 9.97 Å². The van der Waals surface area contributed by atoms with Crippen LogP contribution in [0.1, 0.15) is 27.2 Å². The van der Waals surface area contributed by atoms with Crippen LogP contribution in [0.4, 0.5) is 10.9 Å². The van der Waals surface area contributed by atoms with Crippen molar-refractivity contribution < 1.29 is 33.3 Å². The fourth-order valence-corrected chi connectivity index (χ4v) is 4.65. The van der Waals surface area contributed by atoms with Crippen LogP contribution in [0.3, 0.4) is 0 Å². The first-order chi connectivity index (χ1) is 17.0. The van der Waals surface area contributed by atoms with Gasteiger partial charge in [-0.3, -0.25) is 19.2 Å². The zero-order chi connectivity index (χ0) is 26.6. The predicted molar refractivity (Wildman–Crippen MR) is 132 cm³/mol. The van der Waals surface area contributed by atoms with Crippen LogP contribution in [0, 0.1) is 0 Å². The Morgan fingerprint density at radius 3 is 2.47 bits per heavy atom. The number of anilines is 2. The van der Waals surface area contributed by atoms with Gasteiger partial charge in [0.1, 0.15) is 36.4 Å². The number of nitrogens with one attached hydrogen (secondary N) is 1. The number of thioether (sulfide) groups is 1. The molecule has 1 fully saturated rings. The highest BCUT2D eigenvalue weighted by molar-refractivity contribution is 7.98. The standard InChI is InChI=1S/C21H27N5O8S2/c1-9(27)31-7-14-17(33-11(3)29)13(32-10(2)28)6-15(34-14)26(4)18-16(12-8-36-20(22)23-12)19(30)25-21(24-18)35-5/h8,13-15,17H,6-7H2,1-5H3,(H2,22,23)(H,24,25,30). The lowest BCUT2D eigenvalue weighted by Crippen LogP contribution is -2.57. The fraction of sp³-hybridized carbons (Fsp3) is 0.524. The number of carbonyl (C=O) groups excluding carboxylic acids is 3. The van der Waals surface area contributed by atoms with Crippen molar-refractivity contribution in [3.05, 3.63) is 15.7 Å². The van der Waals surface area contributed by atoms with Crippen LogP contribution in [-0.2, 0) is 33.3 Å². The van der Waals surface area contributed by atoms with Crippen LogP contribution < -0.4 is 16.2 Å². The van der Waals surface area contributed by atoms with Gasteiger partial charge < -0.3 is 34.6 Å². The van der Waals surface area contributed by atoms with Crippen molar-refractivity contribution >= 4 is 52.0 Å². The van der Waals surface area contributed by atoms with Crippen molar-refractivity contribution in [2.75, 3.05) is 30.5 Å². The average molecular weight is 542 g/mol. The van der Waals surface area contributed by atoms with Gasteiger partial charge in [-0.2, -0.15) is 0 Å². The quantitative estimate of drug-likeness (QED) is 0.211. The van der Waals surface area contributed by atoms with Gasteiger partial charge in [-0.1, -0.05) is 11.8 Å². The fourth-order valence-electron chi connectivity index (χ4n) is 3.72. The first kappa shape index (κ1) is 27.4. The summed E-state index contributed by atoms with van der Waals surface area (Å²) >= 11 is 2.41. The minimum Gasteiger partial charge on any atom is -0.463 e. The molecule has 15 heteroatoms. The van der Waals surface area contributed by atoms with Gasteiger partial charge in [-0.15, -0.1) is 11.3 Å². The predicted octanol–water partition coefficient (Wildman–Crippen LogP) is 1.18.